The Morgan fingerprint density at radius 2 is 1.87 bits per heavy atom. The van der Waals surface area contributed by atoms with E-state index in [4.69, 9.17) is 10.5 Å². The number of ether oxygens (including phenoxy) is 1. The summed E-state index contributed by atoms with van der Waals surface area (Å²) in [5.74, 6) is -4.23. The molecule has 0 aliphatic carbocycles. The molecule has 0 aromatic heterocycles. The number of nitrogens with one attached hydrogen (secondary N) is 1. The van der Waals surface area contributed by atoms with Crippen LogP contribution in [0.2, 0.25) is 0 Å². The molecular weight excluding hydrogens is 501 g/mol. The van der Waals surface area contributed by atoms with Gasteiger partial charge in [0.25, 0.3) is 5.91 Å². The first-order valence-electron chi connectivity index (χ1n) is 12.5. The maximum atomic E-state index is 13.7. The Balaban J connectivity index is 1.71. The van der Waals surface area contributed by atoms with Crippen LogP contribution in [0.4, 0.5) is 18.9 Å². The highest BCUT2D eigenvalue weighted by atomic mass is 19.4. The van der Waals surface area contributed by atoms with E-state index >= 15 is 0 Å². The lowest BCUT2D eigenvalue weighted by Crippen LogP contribution is -2.52. The first-order valence-corrected chi connectivity index (χ1v) is 12.5. The average molecular weight is 531 g/mol. The minimum absolute atomic E-state index is 0.120. The van der Waals surface area contributed by atoms with Crippen LogP contribution in [0, 0.1) is 11.8 Å². The topological polar surface area (TPSA) is 114 Å². The van der Waals surface area contributed by atoms with Gasteiger partial charge in [0.05, 0.1) is 17.9 Å². The Bertz CT molecular complexity index is 1230. The number of amides is 3. The SMILES string of the molecule is CCCC(C(=O)NC1N=C(c2ccccc2)c2cccc3c2N(CCO3)C1=O)C(CCC(F)(F)F)C(N)=O. The molecule has 0 spiro atoms. The van der Waals surface area contributed by atoms with Gasteiger partial charge in [0.15, 0.2) is 0 Å². The Morgan fingerprint density at radius 1 is 1.13 bits per heavy atom. The van der Waals surface area contributed by atoms with Crippen molar-refractivity contribution in [3.05, 3.63) is 59.7 Å². The molecular formula is C27H29F3N4O4. The molecule has 38 heavy (non-hydrogen) atoms. The zero-order valence-electron chi connectivity index (χ0n) is 20.8. The summed E-state index contributed by atoms with van der Waals surface area (Å²) in [6.07, 6.45) is -7.21. The first-order chi connectivity index (χ1) is 18.1. The zero-order valence-corrected chi connectivity index (χ0v) is 20.8. The Kier molecular flexibility index (Phi) is 8.03. The molecule has 3 atom stereocenters. The van der Waals surface area contributed by atoms with Gasteiger partial charge in [-0.2, -0.15) is 13.2 Å². The lowest BCUT2D eigenvalue weighted by atomic mass is 9.83. The monoisotopic (exact) mass is 530 g/mol. The molecule has 0 radical (unpaired) electrons. The number of alkyl halides is 3. The molecule has 0 fully saturated rings. The third-order valence-electron chi connectivity index (χ3n) is 6.71. The van der Waals surface area contributed by atoms with Crippen LogP contribution in [0.25, 0.3) is 0 Å². The van der Waals surface area contributed by atoms with Crippen molar-refractivity contribution < 1.29 is 32.3 Å². The highest BCUT2D eigenvalue weighted by molar-refractivity contribution is 6.21. The molecule has 2 aromatic rings. The minimum atomic E-state index is -4.51. The van der Waals surface area contributed by atoms with Crippen molar-refractivity contribution in [2.45, 2.75) is 44.9 Å². The van der Waals surface area contributed by atoms with E-state index in [9.17, 15) is 27.6 Å². The maximum Gasteiger partial charge on any atom is 0.389 e. The van der Waals surface area contributed by atoms with Crippen molar-refractivity contribution in [1.82, 2.24) is 5.32 Å². The van der Waals surface area contributed by atoms with Gasteiger partial charge in [-0.05, 0) is 18.9 Å². The predicted molar refractivity (Wildman–Crippen MR) is 135 cm³/mol. The molecule has 0 bridgehead atoms. The largest absolute Gasteiger partial charge is 0.490 e. The van der Waals surface area contributed by atoms with Gasteiger partial charge in [-0.15, -0.1) is 0 Å². The van der Waals surface area contributed by atoms with E-state index in [2.05, 4.69) is 10.3 Å². The molecule has 202 valence electrons. The highest BCUT2D eigenvalue weighted by Crippen LogP contribution is 2.38. The van der Waals surface area contributed by atoms with Gasteiger partial charge < -0.3 is 20.7 Å². The van der Waals surface area contributed by atoms with Crippen LogP contribution in [0.5, 0.6) is 5.75 Å². The number of primary amides is 1. The van der Waals surface area contributed by atoms with Gasteiger partial charge in [-0.25, -0.2) is 4.99 Å². The number of halogens is 3. The Hall–Kier alpha value is -3.89. The Labute approximate surface area is 218 Å². The van der Waals surface area contributed by atoms with E-state index < -0.39 is 54.7 Å². The average Bonchev–Trinajstić information content (AvgIpc) is 3.00. The summed E-state index contributed by atoms with van der Waals surface area (Å²) < 4.78 is 44.5. The van der Waals surface area contributed by atoms with Crippen molar-refractivity contribution in [3.8, 4) is 5.75 Å². The van der Waals surface area contributed by atoms with Crippen LogP contribution >= 0.6 is 0 Å². The van der Waals surface area contributed by atoms with Crippen LogP contribution in [0.1, 0.15) is 43.7 Å². The number of carbonyl (C=O) groups excluding carboxylic acids is 3. The van der Waals surface area contributed by atoms with Crippen molar-refractivity contribution in [3.63, 3.8) is 0 Å². The van der Waals surface area contributed by atoms with Gasteiger partial charge in [0.2, 0.25) is 18.0 Å². The fourth-order valence-electron chi connectivity index (χ4n) is 4.94. The second kappa shape index (κ2) is 11.2. The fraction of sp³-hybridized carbons (Fsp3) is 0.407. The van der Waals surface area contributed by atoms with Crippen molar-refractivity contribution in [2.24, 2.45) is 22.6 Å². The molecule has 3 N–H and O–H groups in total. The van der Waals surface area contributed by atoms with Crippen LogP contribution in [0.3, 0.4) is 0 Å². The number of hydrogen-bond acceptors (Lipinski definition) is 5. The minimum Gasteiger partial charge on any atom is -0.490 e. The summed E-state index contributed by atoms with van der Waals surface area (Å²) in [6.45, 7) is 2.21. The van der Waals surface area contributed by atoms with Crippen LogP contribution in [-0.4, -0.2) is 48.9 Å². The number of aliphatic imine (C=N–C) groups is 1. The van der Waals surface area contributed by atoms with E-state index in [0.29, 0.717) is 34.7 Å². The molecule has 3 unspecified atom stereocenters. The van der Waals surface area contributed by atoms with E-state index in [0.717, 1.165) is 0 Å². The van der Waals surface area contributed by atoms with E-state index in [1.54, 1.807) is 19.1 Å². The number of anilines is 1. The first kappa shape index (κ1) is 27.2. The lowest BCUT2D eigenvalue weighted by Gasteiger charge is -2.31. The van der Waals surface area contributed by atoms with Crippen LogP contribution in [0.15, 0.2) is 53.5 Å². The number of nitrogens with two attached hydrogens (primary N) is 1. The third-order valence-corrected chi connectivity index (χ3v) is 6.71. The molecule has 2 aromatic carbocycles. The number of para-hydroxylation sites is 1. The summed E-state index contributed by atoms with van der Waals surface area (Å²) in [5.41, 5.74) is 7.77. The zero-order chi connectivity index (χ0) is 27.4. The van der Waals surface area contributed by atoms with Crippen LogP contribution < -0.4 is 20.7 Å². The fourth-order valence-corrected chi connectivity index (χ4v) is 4.94. The molecule has 2 aliphatic rings. The number of hydrogen-bond donors (Lipinski definition) is 2. The third kappa shape index (κ3) is 5.81. The van der Waals surface area contributed by atoms with Gasteiger partial charge in [0.1, 0.15) is 12.4 Å². The molecule has 0 saturated carbocycles. The molecule has 8 nitrogen and oxygen atoms in total. The number of benzene rings is 2. The number of rotatable bonds is 9. The molecule has 2 heterocycles. The van der Waals surface area contributed by atoms with Crippen molar-refractivity contribution >= 4 is 29.1 Å². The second-order valence-corrected chi connectivity index (χ2v) is 9.30. The summed E-state index contributed by atoms with van der Waals surface area (Å²) in [4.78, 5) is 45.4. The summed E-state index contributed by atoms with van der Waals surface area (Å²) >= 11 is 0. The van der Waals surface area contributed by atoms with E-state index in [1.165, 1.54) is 4.90 Å². The quantitative estimate of drug-likeness (QED) is 0.516. The van der Waals surface area contributed by atoms with E-state index in [1.807, 2.05) is 36.4 Å². The van der Waals surface area contributed by atoms with Gasteiger partial charge >= 0.3 is 6.18 Å². The number of carbonyl (C=O) groups is 3. The molecule has 2 aliphatic heterocycles. The van der Waals surface area contributed by atoms with Crippen LogP contribution in [-0.2, 0) is 14.4 Å². The smallest absolute Gasteiger partial charge is 0.389 e. The molecule has 11 heteroatoms. The summed E-state index contributed by atoms with van der Waals surface area (Å²) in [6, 6.07) is 14.5. The molecule has 4 rings (SSSR count). The normalized spacial score (nSPS) is 18.4. The Morgan fingerprint density at radius 3 is 2.53 bits per heavy atom. The maximum absolute atomic E-state index is 13.7. The molecule has 3 amide bonds. The van der Waals surface area contributed by atoms with Gasteiger partial charge in [0, 0.05) is 29.4 Å². The second-order valence-electron chi connectivity index (χ2n) is 9.30. The van der Waals surface area contributed by atoms with Crippen molar-refractivity contribution in [1.29, 1.82) is 0 Å². The molecule has 0 saturated heterocycles. The predicted octanol–water partition coefficient (Wildman–Crippen LogP) is 3.57. The lowest BCUT2D eigenvalue weighted by molar-refractivity contribution is -0.146. The van der Waals surface area contributed by atoms with E-state index in [-0.39, 0.29) is 19.6 Å². The summed E-state index contributed by atoms with van der Waals surface area (Å²) in [5, 5.41) is 2.62. The van der Waals surface area contributed by atoms with Gasteiger partial charge in [-0.1, -0.05) is 55.8 Å². The summed E-state index contributed by atoms with van der Waals surface area (Å²) in [7, 11) is 0. The standard InChI is InChI=1S/C27H29F3N4O4/c1-2-7-18(17(23(31)35)12-13-27(28,29)30)25(36)33-24-26(37)34-14-15-38-20-11-6-10-19(22(20)34)21(32-24)16-8-4-3-5-9-16/h3-6,8-11,17-18,24H,2,7,12-15H2,1H3,(H2,31,35)(H,33,36). The number of nitrogens with zero attached hydrogens (tertiary/aromatic N) is 2. The van der Waals surface area contributed by atoms with Gasteiger partial charge in [-0.3, -0.25) is 14.4 Å². The highest BCUT2D eigenvalue weighted by Gasteiger charge is 2.40. The van der Waals surface area contributed by atoms with Crippen molar-refractivity contribution in [2.75, 3.05) is 18.1 Å².